The van der Waals surface area contributed by atoms with E-state index in [-0.39, 0.29) is 0 Å². The van der Waals surface area contributed by atoms with Crippen LogP contribution in [0.1, 0.15) is 0 Å². The van der Waals surface area contributed by atoms with E-state index in [0.717, 1.165) is 44.3 Å². The van der Waals surface area contributed by atoms with E-state index in [9.17, 15) is 0 Å². The Bertz CT molecular complexity index is 3320. The second-order valence-corrected chi connectivity index (χ2v) is 16.5. The van der Waals surface area contributed by atoms with Crippen molar-refractivity contribution in [1.29, 1.82) is 0 Å². The Balaban J connectivity index is 1.12. The predicted molar refractivity (Wildman–Crippen MR) is 242 cm³/mol. The smallest absolute Gasteiger partial charge is 0.0979 e. The highest BCUT2D eigenvalue weighted by Gasteiger charge is 2.20. The lowest BCUT2D eigenvalue weighted by molar-refractivity contribution is 1.31. The molecule has 260 valence electrons. The molecule has 9 aromatic carbocycles. The van der Waals surface area contributed by atoms with Crippen LogP contribution in [0.5, 0.6) is 0 Å². The molecule has 0 N–H and O–H groups in total. The van der Waals surface area contributed by atoms with Crippen molar-refractivity contribution >= 4 is 95.6 Å². The van der Waals surface area contributed by atoms with Gasteiger partial charge in [-0.2, -0.15) is 0 Å². The Morgan fingerprint density at radius 2 is 0.643 bits per heavy atom. The molecule has 0 aliphatic carbocycles. The lowest BCUT2D eigenvalue weighted by atomic mass is 9.95. The van der Waals surface area contributed by atoms with Crippen LogP contribution in [0.3, 0.4) is 0 Å². The van der Waals surface area contributed by atoms with Crippen LogP contribution >= 0.6 is 22.7 Å². The first kappa shape index (κ1) is 31.6. The molecule has 0 fully saturated rings. The first-order valence-electron chi connectivity index (χ1n) is 18.9. The van der Waals surface area contributed by atoms with E-state index >= 15 is 0 Å². The van der Waals surface area contributed by atoms with Crippen LogP contribution < -0.4 is 0 Å². The van der Waals surface area contributed by atoms with Gasteiger partial charge in [0.2, 0.25) is 0 Å². The zero-order valence-corrected chi connectivity index (χ0v) is 31.7. The molecule has 0 aliphatic heterocycles. The van der Waals surface area contributed by atoms with Gasteiger partial charge in [-0.1, -0.05) is 158 Å². The fourth-order valence-electron chi connectivity index (χ4n) is 8.68. The molecule has 0 amide bonds. The first-order chi connectivity index (χ1) is 27.8. The van der Waals surface area contributed by atoms with Crippen molar-refractivity contribution in [1.82, 2.24) is 9.97 Å². The van der Waals surface area contributed by atoms with Crippen molar-refractivity contribution in [3.05, 3.63) is 182 Å². The van der Waals surface area contributed by atoms with Crippen molar-refractivity contribution in [3.8, 4) is 44.8 Å². The topological polar surface area (TPSA) is 25.8 Å². The standard InChI is InChI=1S/C52H30N2S2/c1-3-21-41-37(17-1)38-18-2-4-22-42(38)50-49(41)53-47(33-15-9-13-31(29-33)35-23-11-25-43-39-19-5-7-27-45(39)55-51(35)43)48(54-50)34-16-10-14-32(30-34)36-24-12-26-44-40-20-6-8-28-46(40)56-52(36)44/h1-30H. The van der Waals surface area contributed by atoms with E-state index in [2.05, 4.69) is 182 Å². The molecule has 0 atom stereocenters. The van der Waals surface area contributed by atoms with Crippen LogP contribution in [-0.4, -0.2) is 9.97 Å². The maximum atomic E-state index is 5.66. The molecule has 0 radical (unpaired) electrons. The Hall–Kier alpha value is -6.72. The maximum absolute atomic E-state index is 5.66. The summed E-state index contributed by atoms with van der Waals surface area (Å²) in [4.78, 5) is 11.3. The van der Waals surface area contributed by atoms with Gasteiger partial charge in [0.05, 0.1) is 22.4 Å². The number of rotatable bonds is 4. The molecule has 3 heterocycles. The quantitative estimate of drug-likeness (QED) is 0.168. The largest absolute Gasteiger partial charge is 0.243 e. The molecule has 0 spiro atoms. The minimum atomic E-state index is 0.875. The summed E-state index contributed by atoms with van der Waals surface area (Å²) in [5, 5.41) is 9.79. The van der Waals surface area contributed by atoms with E-state index in [1.165, 1.54) is 73.4 Å². The normalized spacial score (nSPS) is 11.9. The molecule has 2 nitrogen and oxygen atoms in total. The summed E-state index contributed by atoms with van der Waals surface area (Å²) in [5.74, 6) is 0. The average Bonchev–Trinajstić information content (AvgIpc) is 3.85. The van der Waals surface area contributed by atoms with Crippen molar-refractivity contribution < 1.29 is 0 Å². The van der Waals surface area contributed by atoms with E-state index < -0.39 is 0 Å². The molecule has 4 heteroatoms. The summed E-state index contributed by atoms with van der Waals surface area (Å²) in [5.41, 5.74) is 10.5. The van der Waals surface area contributed by atoms with Gasteiger partial charge in [0.25, 0.3) is 0 Å². The molecule has 0 saturated heterocycles. The van der Waals surface area contributed by atoms with Crippen LogP contribution in [0.15, 0.2) is 182 Å². The van der Waals surface area contributed by atoms with Gasteiger partial charge >= 0.3 is 0 Å². The fourth-order valence-corrected chi connectivity index (χ4v) is 11.2. The van der Waals surface area contributed by atoms with E-state index in [4.69, 9.17) is 9.97 Å². The number of aromatic nitrogens is 2. The van der Waals surface area contributed by atoms with Gasteiger partial charge in [-0.05, 0) is 57.3 Å². The van der Waals surface area contributed by atoms with Crippen molar-refractivity contribution in [2.24, 2.45) is 0 Å². The highest BCUT2D eigenvalue weighted by molar-refractivity contribution is 7.26. The van der Waals surface area contributed by atoms with Crippen LogP contribution in [-0.2, 0) is 0 Å². The van der Waals surface area contributed by atoms with Gasteiger partial charge in [-0.25, -0.2) is 9.97 Å². The van der Waals surface area contributed by atoms with Gasteiger partial charge in [0.15, 0.2) is 0 Å². The van der Waals surface area contributed by atoms with Gasteiger partial charge in [-0.15, -0.1) is 22.7 Å². The Morgan fingerprint density at radius 3 is 1.11 bits per heavy atom. The molecule has 12 aromatic rings. The van der Waals surface area contributed by atoms with E-state index in [0.29, 0.717) is 0 Å². The number of hydrogen-bond donors (Lipinski definition) is 0. The van der Waals surface area contributed by atoms with Gasteiger partial charge < -0.3 is 0 Å². The minimum absolute atomic E-state index is 0.875. The number of benzene rings is 9. The molecule has 56 heavy (non-hydrogen) atoms. The fraction of sp³-hybridized carbons (Fsp3) is 0. The molecule has 3 aromatic heterocycles. The van der Waals surface area contributed by atoms with Crippen molar-refractivity contribution in [2.75, 3.05) is 0 Å². The molecule has 0 unspecified atom stereocenters. The Morgan fingerprint density at radius 1 is 0.286 bits per heavy atom. The Kier molecular flexibility index (Phi) is 7.00. The van der Waals surface area contributed by atoms with E-state index in [1.54, 1.807) is 0 Å². The molecular weight excluding hydrogens is 717 g/mol. The third-order valence-corrected chi connectivity index (χ3v) is 13.7. The van der Waals surface area contributed by atoms with Crippen LogP contribution in [0.25, 0.3) is 118 Å². The summed E-state index contributed by atoms with van der Waals surface area (Å²) in [7, 11) is 0. The summed E-state index contributed by atoms with van der Waals surface area (Å²) in [6.45, 7) is 0. The molecule has 0 bridgehead atoms. The highest BCUT2D eigenvalue weighted by Crippen LogP contribution is 2.44. The Labute approximate surface area is 330 Å². The van der Waals surface area contributed by atoms with Crippen molar-refractivity contribution in [3.63, 3.8) is 0 Å². The molecular formula is C52H30N2S2. The maximum Gasteiger partial charge on any atom is 0.0979 e. The second kappa shape index (κ2) is 12.4. The summed E-state index contributed by atoms with van der Waals surface area (Å²) >= 11 is 3.73. The molecule has 0 aliphatic rings. The predicted octanol–water partition coefficient (Wildman–Crippen LogP) is 15.3. The number of hydrogen-bond acceptors (Lipinski definition) is 4. The molecule has 0 saturated carbocycles. The third kappa shape index (κ3) is 4.80. The number of nitrogens with zero attached hydrogens (tertiary/aromatic N) is 2. The van der Waals surface area contributed by atoms with Crippen LogP contribution in [0, 0.1) is 0 Å². The summed E-state index contributed by atoms with van der Waals surface area (Å²) in [6, 6.07) is 65.8. The summed E-state index contributed by atoms with van der Waals surface area (Å²) in [6.07, 6.45) is 0. The summed E-state index contributed by atoms with van der Waals surface area (Å²) < 4.78 is 5.21. The minimum Gasteiger partial charge on any atom is -0.243 e. The van der Waals surface area contributed by atoms with Crippen LogP contribution in [0.2, 0.25) is 0 Å². The second-order valence-electron chi connectivity index (χ2n) is 14.4. The number of thiophene rings is 2. The lowest BCUT2D eigenvalue weighted by Crippen LogP contribution is -1.98. The highest BCUT2D eigenvalue weighted by atomic mass is 32.1. The zero-order chi connectivity index (χ0) is 36.7. The van der Waals surface area contributed by atoms with Crippen LogP contribution in [0.4, 0.5) is 0 Å². The first-order valence-corrected chi connectivity index (χ1v) is 20.5. The SMILES string of the molecule is c1cc(-c2nc3c4ccccc4c4ccccc4c3nc2-c2cccc(-c3cccc4c3sc3ccccc34)c2)cc(-c2cccc3c2sc2ccccc23)c1. The third-order valence-electron chi connectivity index (χ3n) is 11.3. The number of fused-ring (bicyclic) bond motifs is 12. The zero-order valence-electron chi connectivity index (χ0n) is 30.0. The van der Waals surface area contributed by atoms with Gasteiger partial charge in [0, 0.05) is 62.2 Å². The van der Waals surface area contributed by atoms with Gasteiger partial charge in [-0.3, -0.25) is 0 Å². The van der Waals surface area contributed by atoms with Crippen molar-refractivity contribution in [2.45, 2.75) is 0 Å². The van der Waals surface area contributed by atoms with E-state index in [1.807, 2.05) is 22.7 Å². The average molecular weight is 747 g/mol. The van der Waals surface area contributed by atoms with Gasteiger partial charge in [0.1, 0.15) is 0 Å². The molecule has 12 rings (SSSR count). The monoisotopic (exact) mass is 746 g/mol. The lowest BCUT2D eigenvalue weighted by Gasteiger charge is -2.16.